The van der Waals surface area contributed by atoms with Gasteiger partial charge < -0.3 is 14.9 Å². The molecule has 0 amide bonds. The molecule has 1 heterocycles. The Bertz CT molecular complexity index is 277. The lowest BCUT2D eigenvalue weighted by Crippen LogP contribution is -2.42. The van der Waals surface area contributed by atoms with Gasteiger partial charge in [0.05, 0.1) is 24.9 Å². The number of hydrogen-bond donors (Lipinski definition) is 2. The maximum absolute atomic E-state index is 9.98. The average Bonchev–Trinajstić information content (AvgIpc) is 2.33. The van der Waals surface area contributed by atoms with Crippen LogP contribution in [0.15, 0.2) is 0 Å². The predicted octanol–water partition coefficient (Wildman–Crippen LogP) is 2.88. The standard InChI is InChI=1S/C16H30O3/c1-16(2)7-5-3-4-6-12(10-16)15-9-13(18)8-14(11-17)19-15/h12-15,17-18H,3-11H2,1-2H3/t12?,13-,14-,15+/m0/s1. The summed E-state index contributed by atoms with van der Waals surface area (Å²) >= 11 is 0. The Morgan fingerprint density at radius 2 is 1.95 bits per heavy atom. The molecule has 0 aromatic carbocycles. The van der Waals surface area contributed by atoms with Crippen LogP contribution >= 0.6 is 0 Å². The second-order valence-electron chi connectivity index (χ2n) is 7.33. The van der Waals surface area contributed by atoms with Gasteiger partial charge in [-0.25, -0.2) is 0 Å². The fourth-order valence-corrected chi connectivity index (χ4v) is 3.87. The van der Waals surface area contributed by atoms with E-state index in [1.165, 1.54) is 38.5 Å². The molecule has 0 radical (unpaired) electrons. The summed E-state index contributed by atoms with van der Waals surface area (Å²) < 4.78 is 6.03. The van der Waals surface area contributed by atoms with Crippen molar-refractivity contribution in [1.82, 2.24) is 0 Å². The van der Waals surface area contributed by atoms with Crippen molar-refractivity contribution in [3.63, 3.8) is 0 Å². The first-order valence-electron chi connectivity index (χ1n) is 7.94. The van der Waals surface area contributed by atoms with Crippen molar-refractivity contribution in [3.8, 4) is 0 Å². The predicted molar refractivity (Wildman–Crippen MR) is 76.0 cm³/mol. The molecule has 3 heteroatoms. The molecule has 4 atom stereocenters. The first-order valence-corrected chi connectivity index (χ1v) is 7.94. The molecule has 1 saturated carbocycles. The average molecular weight is 270 g/mol. The van der Waals surface area contributed by atoms with Crippen LogP contribution in [0.4, 0.5) is 0 Å². The Morgan fingerprint density at radius 3 is 2.68 bits per heavy atom. The molecule has 0 spiro atoms. The van der Waals surface area contributed by atoms with E-state index in [-0.39, 0.29) is 24.9 Å². The van der Waals surface area contributed by atoms with E-state index < -0.39 is 0 Å². The highest BCUT2D eigenvalue weighted by molar-refractivity contribution is 4.86. The second kappa shape index (κ2) is 6.55. The largest absolute Gasteiger partial charge is 0.394 e. The fourth-order valence-electron chi connectivity index (χ4n) is 3.87. The van der Waals surface area contributed by atoms with Gasteiger partial charge in [-0.05, 0) is 37.0 Å². The topological polar surface area (TPSA) is 49.7 Å². The highest BCUT2D eigenvalue weighted by Crippen LogP contribution is 2.40. The molecule has 0 aromatic heterocycles. The molecule has 1 aliphatic carbocycles. The Kier molecular flexibility index (Phi) is 5.27. The van der Waals surface area contributed by atoms with E-state index in [0.29, 0.717) is 17.8 Å². The van der Waals surface area contributed by atoms with Crippen molar-refractivity contribution in [3.05, 3.63) is 0 Å². The van der Waals surface area contributed by atoms with Crippen LogP contribution in [0.3, 0.4) is 0 Å². The first kappa shape index (κ1) is 15.3. The monoisotopic (exact) mass is 270 g/mol. The van der Waals surface area contributed by atoms with Gasteiger partial charge in [0, 0.05) is 6.42 Å². The number of hydrogen-bond acceptors (Lipinski definition) is 3. The van der Waals surface area contributed by atoms with Crippen molar-refractivity contribution < 1.29 is 14.9 Å². The van der Waals surface area contributed by atoms with Gasteiger partial charge >= 0.3 is 0 Å². The molecule has 1 aliphatic heterocycles. The summed E-state index contributed by atoms with van der Waals surface area (Å²) in [6, 6.07) is 0. The van der Waals surface area contributed by atoms with Crippen molar-refractivity contribution in [2.24, 2.45) is 11.3 Å². The van der Waals surface area contributed by atoms with Gasteiger partial charge in [-0.15, -0.1) is 0 Å². The molecular weight excluding hydrogens is 240 g/mol. The summed E-state index contributed by atoms with van der Waals surface area (Å²) in [5, 5.41) is 19.3. The third-order valence-corrected chi connectivity index (χ3v) is 4.88. The number of rotatable bonds is 2. The lowest BCUT2D eigenvalue weighted by molar-refractivity contribution is -0.137. The molecule has 2 aliphatic rings. The maximum atomic E-state index is 9.98. The highest BCUT2D eigenvalue weighted by atomic mass is 16.5. The SMILES string of the molecule is CC1(C)CCCCCC([C@H]2C[C@@H](O)C[C@@H](CO)O2)C1. The van der Waals surface area contributed by atoms with Crippen LogP contribution in [0, 0.1) is 11.3 Å². The van der Waals surface area contributed by atoms with Crippen molar-refractivity contribution in [1.29, 1.82) is 0 Å². The summed E-state index contributed by atoms with van der Waals surface area (Å²) in [6.07, 6.45) is 8.63. The number of aliphatic hydroxyl groups excluding tert-OH is 2. The minimum absolute atomic E-state index is 0.0314. The molecule has 2 fully saturated rings. The highest BCUT2D eigenvalue weighted by Gasteiger charge is 2.36. The quantitative estimate of drug-likeness (QED) is 0.811. The third kappa shape index (κ3) is 4.44. The number of ether oxygens (including phenoxy) is 1. The van der Waals surface area contributed by atoms with Gasteiger partial charge in [0.25, 0.3) is 0 Å². The molecule has 2 rings (SSSR count). The Labute approximate surface area is 117 Å². The summed E-state index contributed by atoms with van der Waals surface area (Å²) in [7, 11) is 0. The van der Waals surface area contributed by atoms with Crippen molar-refractivity contribution in [2.75, 3.05) is 6.61 Å². The lowest BCUT2D eigenvalue weighted by atomic mass is 9.72. The van der Waals surface area contributed by atoms with Gasteiger partial charge in [0.2, 0.25) is 0 Å². The molecule has 0 bridgehead atoms. The molecule has 2 N–H and O–H groups in total. The van der Waals surface area contributed by atoms with Crippen LogP contribution in [-0.4, -0.2) is 35.1 Å². The van der Waals surface area contributed by atoms with E-state index >= 15 is 0 Å². The Hall–Kier alpha value is -0.120. The molecule has 3 nitrogen and oxygen atoms in total. The maximum Gasteiger partial charge on any atom is 0.0834 e. The third-order valence-electron chi connectivity index (χ3n) is 4.88. The van der Waals surface area contributed by atoms with E-state index in [0.717, 1.165) is 6.42 Å². The van der Waals surface area contributed by atoms with Crippen LogP contribution in [-0.2, 0) is 4.74 Å². The molecule has 19 heavy (non-hydrogen) atoms. The molecule has 1 saturated heterocycles. The van der Waals surface area contributed by atoms with E-state index in [2.05, 4.69) is 13.8 Å². The Morgan fingerprint density at radius 1 is 1.16 bits per heavy atom. The fraction of sp³-hybridized carbons (Fsp3) is 1.00. The lowest BCUT2D eigenvalue weighted by Gasteiger charge is -2.41. The summed E-state index contributed by atoms with van der Waals surface area (Å²) in [5.41, 5.74) is 0.381. The first-order chi connectivity index (χ1) is 9.00. The van der Waals surface area contributed by atoms with Gasteiger partial charge in [-0.3, -0.25) is 0 Å². The Balaban J connectivity index is 2.00. The smallest absolute Gasteiger partial charge is 0.0834 e. The second-order valence-corrected chi connectivity index (χ2v) is 7.33. The normalized spacial score (nSPS) is 40.4. The van der Waals surface area contributed by atoms with Crippen molar-refractivity contribution in [2.45, 2.75) is 83.5 Å². The van der Waals surface area contributed by atoms with Crippen LogP contribution < -0.4 is 0 Å². The summed E-state index contributed by atoms with van der Waals surface area (Å²) in [4.78, 5) is 0. The van der Waals surface area contributed by atoms with Crippen LogP contribution in [0.25, 0.3) is 0 Å². The molecular formula is C16H30O3. The van der Waals surface area contributed by atoms with Crippen LogP contribution in [0.5, 0.6) is 0 Å². The van der Waals surface area contributed by atoms with Gasteiger partial charge in [-0.1, -0.05) is 33.1 Å². The van der Waals surface area contributed by atoms with E-state index in [4.69, 9.17) is 4.74 Å². The van der Waals surface area contributed by atoms with Gasteiger partial charge in [0.1, 0.15) is 0 Å². The zero-order valence-electron chi connectivity index (χ0n) is 12.5. The minimum atomic E-state index is -0.301. The van der Waals surface area contributed by atoms with E-state index in [9.17, 15) is 10.2 Å². The summed E-state index contributed by atoms with van der Waals surface area (Å²) in [5.74, 6) is 0.541. The van der Waals surface area contributed by atoms with Gasteiger partial charge in [-0.2, -0.15) is 0 Å². The minimum Gasteiger partial charge on any atom is -0.394 e. The van der Waals surface area contributed by atoms with E-state index in [1.54, 1.807) is 0 Å². The van der Waals surface area contributed by atoms with Gasteiger partial charge in [0.15, 0.2) is 0 Å². The zero-order valence-corrected chi connectivity index (χ0v) is 12.5. The van der Waals surface area contributed by atoms with Crippen LogP contribution in [0.2, 0.25) is 0 Å². The molecule has 1 unspecified atom stereocenters. The zero-order chi connectivity index (χ0) is 13.9. The van der Waals surface area contributed by atoms with E-state index in [1.807, 2.05) is 0 Å². The summed E-state index contributed by atoms with van der Waals surface area (Å²) in [6.45, 7) is 4.74. The molecule has 112 valence electrons. The number of aliphatic hydroxyl groups is 2. The van der Waals surface area contributed by atoms with Crippen molar-refractivity contribution >= 4 is 0 Å². The van der Waals surface area contributed by atoms with Crippen LogP contribution in [0.1, 0.15) is 65.2 Å². The molecule has 0 aromatic rings.